The molecule has 0 saturated heterocycles. The molecule has 0 bridgehead atoms. The molecule has 80 valence electrons. The Balaban J connectivity index is 3.45. The van der Waals surface area contributed by atoms with Crippen molar-refractivity contribution in [2.45, 2.75) is 39.5 Å². The highest BCUT2D eigenvalue weighted by Gasteiger charge is 2.03. The smallest absolute Gasteiger partial charge is 0.220 e. The van der Waals surface area contributed by atoms with Crippen molar-refractivity contribution in [3.8, 4) is 0 Å². The van der Waals surface area contributed by atoms with E-state index in [0.717, 1.165) is 0 Å². The van der Waals surface area contributed by atoms with E-state index in [0.29, 0.717) is 19.4 Å². The number of carbonyl (C=O) groups is 3. The van der Waals surface area contributed by atoms with E-state index in [1.165, 1.54) is 6.92 Å². The lowest BCUT2D eigenvalue weighted by atomic mass is 10.2. The first-order chi connectivity index (χ1) is 6.56. The van der Waals surface area contributed by atoms with Crippen LogP contribution in [0.3, 0.4) is 0 Å². The fourth-order valence-electron chi connectivity index (χ4n) is 0.896. The van der Waals surface area contributed by atoms with Crippen LogP contribution in [-0.4, -0.2) is 24.0 Å². The Morgan fingerprint density at radius 1 is 1.07 bits per heavy atom. The Kier molecular flexibility index (Phi) is 6.62. The van der Waals surface area contributed by atoms with Gasteiger partial charge in [-0.05, 0) is 6.92 Å². The van der Waals surface area contributed by atoms with Crippen molar-refractivity contribution in [1.29, 1.82) is 0 Å². The minimum absolute atomic E-state index is 0.00443. The van der Waals surface area contributed by atoms with Crippen molar-refractivity contribution < 1.29 is 14.4 Å². The summed E-state index contributed by atoms with van der Waals surface area (Å²) < 4.78 is 0. The summed E-state index contributed by atoms with van der Waals surface area (Å²) in [6, 6.07) is 0. The first kappa shape index (κ1) is 12.8. The summed E-state index contributed by atoms with van der Waals surface area (Å²) in [6.07, 6.45) is 1.37. The zero-order valence-corrected chi connectivity index (χ0v) is 8.76. The Morgan fingerprint density at radius 2 is 1.71 bits per heavy atom. The lowest BCUT2D eigenvalue weighted by molar-refractivity contribution is -0.125. The topological polar surface area (TPSA) is 63.2 Å². The van der Waals surface area contributed by atoms with Crippen LogP contribution >= 0.6 is 0 Å². The Bertz CT molecular complexity index is 223. The van der Waals surface area contributed by atoms with Gasteiger partial charge in [0.15, 0.2) is 0 Å². The van der Waals surface area contributed by atoms with Crippen LogP contribution in [0.5, 0.6) is 0 Å². The predicted molar refractivity (Wildman–Crippen MR) is 52.8 cm³/mol. The van der Waals surface area contributed by atoms with Gasteiger partial charge < -0.3 is 10.1 Å². The van der Waals surface area contributed by atoms with Gasteiger partial charge >= 0.3 is 0 Å². The third kappa shape index (κ3) is 7.46. The van der Waals surface area contributed by atoms with E-state index < -0.39 is 0 Å². The molecule has 0 atom stereocenters. The van der Waals surface area contributed by atoms with Crippen LogP contribution in [0.1, 0.15) is 39.5 Å². The predicted octanol–water partition coefficient (Wildman–Crippen LogP) is 0.841. The normalized spacial score (nSPS) is 9.57. The van der Waals surface area contributed by atoms with Crippen LogP contribution < -0.4 is 5.32 Å². The third-order valence-corrected chi connectivity index (χ3v) is 1.82. The number of rotatable bonds is 7. The average molecular weight is 199 g/mol. The van der Waals surface area contributed by atoms with Gasteiger partial charge in [-0.1, -0.05) is 6.92 Å². The Morgan fingerprint density at radius 3 is 2.21 bits per heavy atom. The molecule has 4 heteroatoms. The van der Waals surface area contributed by atoms with Crippen LogP contribution in [0.15, 0.2) is 0 Å². The van der Waals surface area contributed by atoms with Crippen molar-refractivity contribution in [3.63, 3.8) is 0 Å². The SMILES string of the molecule is CCC(=O)CCNC(=O)CCC(C)=O. The molecule has 0 radical (unpaired) electrons. The highest BCUT2D eigenvalue weighted by Crippen LogP contribution is 1.91. The van der Waals surface area contributed by atoms with Gasteiger partial charge in [0.25, 0.3) is 0 Å². The minimum atomic E-state index is -0.163. The number of ketones is 2. The fourth-order valence-corrected chi connectivity index (χ4v) is 0.896. The second-order valence-corrected chi connectivity index (χ2v) is 3.19. The van der Waals surface area contributed by atoms with E-state index in [9.17, 15) is 14.4 Å². The van der Waals surface area contributed by atoms with E-state index in [4.69, 9.17) is 0 Å². The maximum Gasteiger partial charge on any atom is 0.220 e. The molecule has 14 heavy (non-hydrogen) atoms. The molecule has 0 aromatic rings. The number of hydrogen-bond acceptors (Lipinski definition) is 3. The van der Waals surface area contributed by atoms with Crippen molar-refractivity contribution >= 4 is 17.5 Å². The molecule has 0 aliphatic carbocycles. The standard InChI is InChI=1S/C10H17NO3/c1-3-9(13)6-7-11-10(14)5-4-8(2)12/h3-7H2,1-2H3,(H,11,14). The molecule has 0 spiro atoms. The minimum Gasteiger partial charge on any atom is -0.356 e. The van der Waals surface area contributed by atoms with Crippen LogP contribution in [0, 0.1) is 0 Å². The van der Waals surface area contributed by atoms with Gasteiger partial charge in [-0.3, -0.25) is 9.59 Å². The first-order valence-electron chi connectivity index (χ1n) is 4.84. The number of nitrogens with one attached hydrogen (secondary N) is 1. The van der Waals surface area contributed by atoms with Crippen LogP contribution in [0.25, 0.3) is 0 Å². The molecule has 0 fully saturated rings. The summed E-state index contributed by atoms with van der Waals surface area (Å²) >= 11 is 0. The zero-order valence-electron chi connectivity index (χ0n) is 8.76. The van der Waals surface area contributed by atoms with E-state index in [-0.39, 0.29) is 30.3 Å². The number of carbonyl (C=O) groups excluding carboxylic acids is 3. The van der Waals surface area contributed by atoms with Crippen LogP contribution in [-0.2, 0) is 14.4 Å². The van der Waals surface area contributed by atoms with Gasteiger partial charge in [0.2, 0.25) is 5.91 Å². The lowest BCUT2D eigenvalue weighted by Gasteiger charge is -2.02. The first-order valence-corrected chi connectivity index (χ1v) is 4.84. The summed E-state index contributed by atoms with van der Waals surface area (Å²) in [4.78, 5) is 32.4. The largest absolute Gasteiger partial charge is 0.356 e. The van der Waals surface area contributed by atoms with Gasteiger partial charge in [-0.15, -0.1) is 0 Å². The number of Topliss-reactive ketones (excluding diaryl/α,β-unsaturated/α-hetero) is 2. The molecule has 0 unspecified atom stereocenters. The van der Waals surface area contributed by atoms with Gasteiger partial charge in [-0.25, -0.2) is 0 Å². The van der Waals surface area contributed by atoms with Gasteiger partial charge in [0.05, 0.1) is 0 Å². The summed E-state index contributed by atoms with van der Waals surface area (Å²) in [6.45, 7) is 3.62. The van der Waals surface area contributed by atoms with E-state index in [1.807, 2.05) is 0 Å². The van der Waals surface area contributed by atoms with E-state index >= 15 is 0 Å². The molecule has 0 aliphatic heterocycles. The highest BCUT2D eigenvalue weighted by atomic mass is 16.2. The summed E-state index contributed by atoms with van der Waals surface area (Å²) in [5, 5.41) is 2.59. The molecule has 0 aromatic heterocycles. The van der Waals surface area contributed by atoms with Crippen LogP contribution in [0.2, 0.25) is 0 Å². The molecule has 0 aliphatic rings. The second-order valence-electron chi connectivity index (χ2n) is 3.19. The molecular formula is C10H17NO3. The van der Waals surface area contributed by atoms with Gasteiger partial charge in [0.1, 0.15) is 11.6 Å². The summed E-state index contributed by atoms with van der Waals surface area (Å²) in [7, 11) is 0. The quantitative estimate of drug-likeness (QED) is 0.661. The maximum atomic E-state index is 11.0. The molecule has 1 N–H and O–H groups in total. The molecule has 0 rings (SSSR count). The van der Waals surface area contributed by atoms with E-state index in [2.05, 4.69) is 5.32 Å². The van der Waals surface area contributed by atoms with Crippen molar-refractivity contribution in [2.75, 3.05) is 6.54 Å². The molecule has 0 heterocycles. The number of amides is 1. The Hall–Kier alpha value is -1.19. The zero-order chi connectivity index (χ0) is 11.0. The Labute approximate surface area is 84.1 Å². The average Bonchev–Trinajstić information content (AvgIpc) is 2.14. The molecule has 1 amide bonds. The maximum absolute atomic E-state index is 11.0. The van der Waals surface area contributed by atoms with Crippen molar-refractivity contribution in [2.24, 2.45) is 0 Å². The van der Waals surface area contributed by atoms with Crippen molar-refractivity contribution in [3.05, 3.63) is 0 Å². The molecular weight excluding hydrogens is 182 g/mol. The highest BCUT2D eigenvalue weighted by molar-refractivity contribution is 5.84. The number of hydrogen-bond donors (Lipinski definition) is 1. The monoisotopic (exact) mass is 199 g/mol. The fraction of sp³-hybridized carbons (Fsp3) is 0.700. The molecule has 0 aromatic carbocycles. The van der Waals surface area contributed by atoms with Crippen LogP contribution in [0.4, 0.5) is 0 Å². The molecule has 0 saturated carbocycles. The second kappa shape index (κ2) is 7.24. The van der Waals surface area contributed by atoms with E-state index in [1.54, 1.807) is 6.92 Å². The van der Waals surface area contributed by atoms with Crippen molar-refractivity contribution in [1.82, 2.24) is 5.32 Å². The van der Waals surface area contributed by atoms with Gasteiger partial charge in [0, 0.05) is 32.2 Å². The molecule has 4 nitrogen and oxygen atoms in total. The van der Waals surface area contributed by atoms with Gasteiger partial charge in [-0.2, -0.15) is 0 Å². The summed E-state index contributed by atoms with van der Waals surface area (Å²) in [5.74, 6) is -0.0224. The lowest BCUT2D eigenvalue weighted by Crippen LogP contribution is -2.26. The summed E-state index contributed by atoms with van der Waals surface area (Å²) in [5.41, 5.74) is 0. The third-order valence-electron chi connectivity index (χ3n) is 1.82.